The van der Waals surface area contributed by atoms with Crippen molar-refractivity contribution in [1.29, 1.82) is 0 Å². The number of likely N-dealkylation sites (N-methyl/N-ethyl adjacent to an activating group) is 1. The standard InChI is InChI=1S/C12H24N2O4.C10H19NO4.C9H18N2O2.ClH/c1-7-8-9(10(15)14(5)17-6)13-11(16)18-12(2,3)4;1-5-6-7(8(12)13)11-9(14)15-10(2,3)4;1-2-3-7(10)8(12)9(13)11-6-4-5-6;/h9H,7-8H2,1-6H3,(H,13,16);7H,5-6H2,1-4H3,(H,11,14)(H,12,13);6-8,12H,2-5,10H2,1H3,(H,11,13);1H/t9-;7-;7-,8?;/m000./s1. The number of hydrogen-bond donors (Lipinski definition) is 6. The van der Waals surface area contributed by atoms with Crippen LogP contribution >= 0.6 is 12.4 Å². The number of halogens is 1. The maximum atomic E-state index is 11.9. The van der Waals surface area contributed by atoms with E-state index in [1.54, 1.807) is 41.5 Å². The van der Waals surface area contributed by atoms with E-state index >= 15 is 0 Å². The lowest BCUT2D eigenvalue weighted by molar-refractivity contribution is -0.171. The van der Waals surface area contributed by atoms with Gasteiger partial charge in [-0.2, -0.15) is 0 Å². The second kappa shape index (κ2) is 24.3. The molecule has 0 saturated heterocycles. The van der Waals surface area contributed by atoms with Crippen molar-refractivity contribution in [3.8, 4) is 0 Å². The first-order chi connectivity index (χ1) is 21.1. The van der Waals surface area contributed by atoms with Crippen molar-refractivity contribution in [2.45, 2.75) is 155 Å². The molecule has 15 nitrogen and oxygen atoms in total. The summed E-state index contributed by atoms with van der Waals surface area (Å²) in [6.07, 6.45) is 3.68. The third-order valence-corrected chi connectivity index (χ3v) is 5.94. The van der Waals surface area contributed by atoms with Crippen LogP contribution in [0, 0.1) is 0 Å². The predicted octanol–water partition coefficient (Wildman–Crippen LogP) is 3.64. The Morgan fingerprint density at radius 1 is 0.830 bits per heavy atom. The molecule has 1 aliphatic rings. The molecule has 4 amide bonds. The van der Waals surface area contributed by atoms with Crippen molar-refractivity contribution < 1.29 is 48.5 Å². The van der Waals surface area contributed by atoms with Crippen molar-refractivity contribution in [3.63, 3.8) is 0 Å². The lowest BCUT2D eigenvalue weighted by atomic mass is 10.1. The van der Waals surface area contributed by atoms with E-state index in [-0.39, 0.29) is 30.3 Å². The Morgan fingerprint density at radius 2 is 1.23 bits per heavy atom. The molecule has 0 spiro atoms. The quantitative estimate of drug-likeness (QED) is 0.144. The minimum atomic E-state index is -1.04. The first-order valence-electron chi connectivity index (χ1n) is 15.9. The number of ether oxygens (including phenoxy) is 2. The number of carbonyl (C=O) groups excluding carboxylic acids is 4. The highest BCUT2D eigenvalue weighted by molar-refractivity contribution is 5.85. The maximum Gasteiger partial charge on any atom is 0.408 e. The molecule has 278 valence electrons. The summed E-state index contributed by atoms with van der Waals surface area (Å²) in [5.41, 5.74) is 4.42. The van der Waals surface area contributed by atoms with Crippen molar-refractivity contribution in [3.05, 3.63) is 0 Å². The van der Waals surface area contributed by atoms with Crippen LogP contribution in [0.2, 0.25) is 0 Å². The van der Waals surface area contributed by atoms with Gasteiger partial charge in [-0.3, -0.25) is 14.4 Å². The number of aliphatic hydroxyl groups excluding tert-OH is 1. The number of amides is 4. The average molecular weight is 700 g/mol. The van der Waals surface area contributed by atoms with Gasteiger partial charge >= 0.3 is 18.2 Å². The average Bonchev–Trinajstić information content (AvgIpc) is 3.74. The van der Waals surface area contributed by atoms with Crippen LogP contribution in [0.4, 0.5) is 9.59 Å². The molecule has 0 aromatic heterocycles. The Bertz CT molecular complexity index is 939. The van der Waals surface area contributed by atoms with Crippen LogP contribution in [0.25, 0.3) is 0 Å². The van der Waals surface area contributed by atoms with Gasteiger partial charge in [0.2, 0.25) is 0 Å². The normalized spacial score (nSPS) is 14.8. The summed E-state index contributed by atoms with van der Waals surface area (Å²) in [7, 11) is 2.90. The first-order valence-corrected chi connectivity index (χ1v) is 15.9. The molecule has 1 unspecified atom stereocenters. The fourth-order valence-electron chi connectivity index (χ4n) is 3.50. The fourth-order valence-corrected chi connectivity index (χ4v) is 3.50. The third-order valence-electron chi connectivity index (χ3n) is 5.94. The highest BCUT2D eigenvalue weighted by Gasteiger charge is 2.29. The van der Waals surface area contributed by atoms with E-state index in [0.717, 1.165) is 30.7 Å². The Morgan fingerprint density at radius 3 is 1.57 bits per heavy atom. The molecule has 1 fully saturated rings. The number of carboxylic acids is 1. The van der Waals surface area contributed by atoms with E-state index in [0.29, 0.717) is 25.7 Å². The molecule has 0 radical (unpaired) electrons. The smallest absolute Gasteiger partial charge is 0.408 e. The molecule has 47 heavy (non-hydrogen) atoms. The molecule has 0 aliphatic heterocycles. The van der Waals surface area contributed by atoms with Gasteiger partial charge in [0.1, 0.15) is 29.4 Å². The van der Waals surface area contributed by atoms with Gasteiger partial charge in [-0.15, -0.1) is 12.4 Å². The van der Waals surface area contributed by atoms with E-state index in [4.69, 9.17) is 25.2 Å². The van der Waals surface area contributed by atoms with Gasteiger partial charge in [-0.05, 0) is 73.6 Å². The molecule has 16 heteroatoms. The minimum Gasteiger partial charge on any atom is -0.480 e. The van der Waals surface area contributed by atoms with E-state index in [1.807, 2.05) is 20.8 Å². The summed E-state index contributed by atoms with van der Waals surface area (Å²) in [4.78, 5) is 61.6. The number of hydrogen-bond acceptors (Lipinski definition) is 10. The predicted molar refractivity (Wildman–Crippen MR) is 181 cm³/mol. The number of carboxylic acid groups (broad SMARTS) is 1. The molecule has 0 bridgehead atoms. The van der Waals surface area contributed by atoms with Crippen LogP contribution in [0.15, 0.2) is 0 Å². The van der Waals surface area contributed by atoms with Crippen LogP contribution in [0.3, 0.4) is 0 Å². The summed E-state index contributed by atoms with van der Waals surface area (Å²) in [6, 6.07) is -1.64. The Labute approximate surface area is 286 Å². The highest BCUT2D eigenvalue weighted by Crippen LogP contribution is 2.19. The number of hydroxylamine groups is 2. The number of nitrogens with zero attached hydrogens (tertiary/aromatic N) is 1. The molecule has 0 aromatic rings. The van der Waals surface area contributed by atoms with Gasteiger partial charge < -0.3 is 41.4 Å². The molecule has 1 aliphatic carbocycles. The largest absolute Gasteiger partial charge is 0.480 e. The zero-order chi connectivity index (χ0) is 36.3. The van der Waals surface area contributed by atoms with Crippen LogP contribution in [-0.4, -0.2) is 101 Å². The Balaban J connectivity index is -0.000000619. The molecule has 0 heterocycles. The number of rotatable bonds is 14. The minimum absolute atomic E-state index is 0. The van der Waals surface area contributed by atoms with Crippen molar-refractivity contribution in [1.82, 2.24) is 21.0 Å². The number of nitrogens with one attached hydrogen (secondary N) is 3. The zero-order valence-corrected chi connectivity index (χ0v) is 31.0. The van der Waals surface area contributed by atoms with Crippen LogP contribution in [-0.2, 0) is 28.7 Å². The molecule has 4 atom stereocenters. The lowest BCUT2D eigenvalue weighted by Gasteiger charge is -2.25. The number of aliphatic hydroxyl groups is 1. The third kappa shape index (κ3) is 25.8. The Kier molecular flexibility index (Phi) is 25.1. The summed E-state index contributed by atoms with van der Waals surface area (Å²) in [6.45, 7) is 16.2. The van der Waals surface area contributed by atoms with Gasteiger partial charge in [0.15, 0.2) is 0 Å². The summed E-state index contributed by atoms with van der Waals surface area (Å²) >= 11 is 0. The zero-order valence-electron chi connectivity index (χ0n) is 30.1. The van der Waals surface area contributed by atoms with Crippen LogP contribution in [0.1, 0.15) is 114 Å². The fraction of sp³-hybridized carbons (Fsp3) is 0.839. The lowest BCUT2D eigenvalue weighted by Crippen LogP contribution is -2.48. The maximum absolute atomic E-state index is 11.9. The first kappa shape index (κ1) is 48.5. The van der Waals surface area contributed by atoms with Gasteiger partial charge in [0.25, 0.3) is 11.8 Å². The number of nitrogens with two attached hydrogens (primary N) is 1. The van der Waals surface area contributed by atoms with E-state index < -0.39 is 53.6 Å². The topological polar surface area (TPSA) is 219 Å². The van der Waals surface area contributed by atoms with E-state index in [1.165, 1.54) is 14.2 Å². The monoisotopic (exact) mass is 699 g/mol. The molecule has 0 aromatic carbocycles. The van der Waals surface area contributed by atoms with Gasteiger partial charge in [0.05, 0.1) is 7.11 Å². The summed E-state index contributed by atoms with van der Waals surface area (Å²) in [5.74, 6) is -1.66. The molecule has 1 saturated carbocycles. The van der Waals surface area contributed by atoms with Crippen molar-refractivity contribution in [2.24, 2.45) is 5.73 Å². The molecule has 7 N–H and O–H groups in total. The van der Waals surface area contributed by atoms with Crippen LogP contribution in [0.5, 0.6) is 0 Å². The van der Waals surface area contributed by atoms with Crippen molar-refractivity contribution >= 4 is 42.4 Å². The second-order valence-corrected chi connectivity index (χ2v) is 13.0. The second-order valence-electron chi connectivity index (χ2n) is 13.0. The number of carbonyl (C=O) groups is 5. The summed E-state index contributed by atoms with van der Waals surface area (Å²) < 4.78 is 10.1. The SMILES string of the molecule is CCC[C@H](N)C(O)C(=O)NC1CC1.CCC[C@H](NC(=O)OC(C)(C)C)C(=O)N(C)OC.CCC[C@H](NC(=O)OC(C)(C)C)C(=O)O.Cl. The number of aliphatic carboxylic acids is 1. The van der Waals surface area contributed by atoms with E-state index in [9.17, 15) is 29.1 Å². The molecule has 1 rings (SSSR count). The molecular formula is C31H62ClN5O10. The van der Waals surface area contributed by atoms with Gasteiger partial charge in [-0.1, -0.05) is 40.0 Å². The van der Waals surface area contributed by atoms with Gasteiger partial charge in [0, 0.05) is 19.1 Å². The van der Waals surface area contributed by atoms with Crippen molar-refractivity contribution in [2.75, 3.05) is 14.2 Å². The number of alkyl carbamates (subject to hydrolysis) is 2. The summed E-state index contributed by atoms with van der Waals surface area (Å²) in [5, 5.41) is 26.9. The molecular weight excluding hydrogens is 638 g/mol. The Hall–Kier alpha value is -2.88. The highest BCUT2D eigenvalue weighted by atomic mass is 35.5. The van der Waals surface area contributed by atoms with Crippen LogP contribution < -0.4 is 21.7 Å². The van der Waals surface area contributed by atoms with Gasteiger partial charge in [-0.25, -0.2) is 19.4 Å². The van der Waals surface area contributed by atoms with E-state index in [2.05, 4.69) is 16.0 Å².